The normalized spacial score (nSPS) is 15.5. The number of benzene rings is 1. The number of hydrogen-bond acceptors (Lipinski definition) is 2. The van der Waals surface area contributed by atoms with Crippen LogP contribution >= 0.6 is 24.0 Å². The highest BCUT2D eigenvalue weighted by molar-refractivity contribution is 6.31. The highest BCUT2D eigenvalue weighted by Crippen LogP contribution is 2.26. The summed E-state index contributed by atoms with van der Waals surface area (Å²) in [5, 5.41) is 2.59. The van der Waals surface area contributed by atoms with Gasteiger partial charge in [-0.3, -0.25) is 5.84 Å². The zero-order valence-electron chi connectivity index (χ0n) is 6.46. The number of nitrogens with two attached hydrogens (primary N) is 1. The Hall–Kier alpha value is -0.280. The molecule has 0 fully saturated rings. The van der Waals surface area contributed by atoms with Gasteiger partial charge in [0.25, 0.3) is 0 Å². The molecule has 0 aliphatic carbocycles. The lowest BCUT2D eigenvalue weighted by Crippen LogP contribution is -2.23. The van der Waals surface area contributed by atoms with Crippen molar-refractivity contribution in [3.8, 4) is 0 Å². The van der Waals surface area contributed by atoms with Gasteiger partial charge in [0, 0.05) is 18.1 Å². The zero-order chi connectivity index (χ0) is 7.84. The Bertz CT molecular complexity index is 288. The molecule has 2 rings (SSSR count). The molecule has 1 aromatic carbocycles. The third-order valence-corrected chi connectivity index (χ3v) is 2.30. The van der Waals surface area contributed by atoms with Crippen molar-refractivity contribution in [3.63, 3.8) is 0 Å². The SMILES string of the molecule is Cl.NN1Cc2cccc(Cl)c2C1. The van der Waals surface area contributed by atoms with E-state index in [4.69, 9.17) is 17.4 Å². The topological polar surface area (TPSA) is 29.3 Å². The third kappa shape index (κ3) is 1.57. The van der Waals surface area contributed by atoms with Crippen molar-refractivity contribution < 1.29 is 0 Å². The van der Waals surface area contributed by atoms with Gasteiger partial charge in [0.05, 0.1) is 0 Å². The maximum Gasteiger partial charge on any atom is 0.0454 e. The van der Waals surface area contributed by atoms with Crippen LogP contribution < -0.4 is 5.84 Å². The minimum absolute atomic E-state index is 0. The second kappa shape index (κ2) is 3.62. The molecule has 0 spiro atoms. The number of hydrogen-bond donors (Lipinski definition) is 1. The van der Waals surface area contributed by atoms with Crippen LogP contribution in [0.4, 0.5) is 0 Å². The number of halogens is 2. The van der Waals surface area contributed by atoms with Gasteiger partial charge in [0.2, 0.25) is 0 Å². The van der Waals surface area contributed by atoms with Crippen LogP contribution in [0, 0.1) is 0 Å². The van der Waals surface area contributed by atoms with E-state index in [1.807, 2.05) is 12.1 Å². The predicted octanol–water partition coefficient (Wildman–Crippen LogP) is 1.95. The molecule has 2 nitrogen and oxygen atoms in total. The molecule has 1 aromatic rings. The minimum Gasteiger partial charge on any atom is -0.268 e. The maximum atomic E-state index is 5.95. The second-order valence-corrected chi connectivity index (χ2v) is 3.19. The Balaban J connectivity index is 0.000000720. The standard InChI is InChI=1S/C8H9ClN2.ClH/c9-8-3-1-2-6-4-11(10)5-7(6)8;/h1-3H,4-5,10H2;1H. The molecular formula is C8H10Cl2N2. The third-order valence-electron chi connectivity index (χ3n) is 1.95. The van der Waals surface area contributed by atoms with E-state index in [1.165, 1.54) is 11.1 Å². The van der Waals surface area contributed by atoms with Gasteiger partial charge in [-0.05, 0) is 17.2 Å². The molecule has 0 bridgehead atoms. The average molecular weight is 205 g/mol. The van der Waals surface area contributed by atoms with Crippen molar-refractivity contribution >= 4 is 24.0 Å². The summed E-state index contributed by atoms with van der Waals surface area (Å²) in [6, 6.07) is 5.92. The summed E-state index contributed by atoms with van der Waals surface area (Å²) in [5.74, 6) is 5.63. The number of fused-ring (bicyclic) bond motifs is 1. The molecule has 0 amide bonds. The van der Waals surface area contributed by atoms with Crippen molar-refractivity contribution in [2.24, 2.45) is 5.84 Å². The van der Waals surface area contributed by atoms with Gasteiger partial charge in [-0.1, -0.05) is 23.7 Å². The van der Waals surface area contributed by atoms with Gasteiger partial charge < -0.3 is 0 Å². The largest absolute Gasteiger partial charge is 0.268 e. The molecule has 12 heavy (non-hydrogen) atoms. The molecule has 2 N–H and O–H groups in total. The van der Waals surface area contributed by atoms with Crippen molar-refractivity contribution in [1.82, 2.24) is 5.01 Å². The van der Waals surface area contributed by atoms with Gasteiger partial charge >= 0.3 is 0 Å². The fraction of sp³-hybridized carbons (Fsp3) is 0.250. The fourth-order valence-corrected chi connectivity index (χ4v) is 1.66. The molecule has 0 unspecified atom stereocenters. The Labute approximate surface area is 82.7 Å². The van der Waals surface area contributed by atoms with Crippen molar-refractivity contribution in [1.29, 1.82) is 0 Å². The number of nitrogens with zero attached hydrogens (tertiary/aromatic N) is 1. The van der Waals surface area contributed by atoms with Gasteiger partial charge in [-0.15, -0.1) is 12.4 Å². The van der Waals surface area contributed by atoms with E-state index in [1.54, 1.807) is 5.01 Å². The second-order valence-electron chi connectivity index (χ2n) is 2.78. The van der Waals surface area contributed by atoms with Crippen LogP contribution in [0.2, 0.25) is 5.02 Å². The molecule has 4 heteroatoms. The van der Waals surface area contributed by atoms with Crippen LogP contribution in [0.15, 0.2) is 18.2 Å². The number of hydrazine groups is 1. The average Bonchev–Trinajstić information content (AvgIpc) is 2.31. The summed E-state index contributed by atoms with van der Waals surface area (Å²) < 4.78 is 0. The first-order valence-corrected chi connectivity index (χ1v) is 3.91. The molecule has 0 saturated heterocycles. The van der Waals surface area contributed by atoms with E-state index in [-0.39, 0.29) is 12.4 Å². The van der Waals surface area contributed by atoms with Gasteiger partial charge in [-0.25, -0.2) is 5.01 Å². The lowest BCUT2D eigenvalue weighted by atomic mass is 10.1. The van der Waals surface area contributed by atoms with Crippen LogP contribution in [0.5, 0.6) is 0 Å². The van der Waals surface area contributed by atoms with E-state index in [0.717, 1.165) is 18.1 Å². The Morgan fingerprint density at radius 1 is 1.33 bits per heavy atom. The van der Waals surface area contributed by atoms with Crippen molar-refractivity contribution in [2.45, 2.75) is 13.1 Å². The Morgan fingerprint density at radius 3 is 2.75 bits per heavy atom. The summed E-state index contributed by atoms with van der Waals surface area (Å²) >= 11 is 5.95. The molecule has 0 aromatic heterocycles. The minimum atomic E-state index is 0. The first-order chi connectivity index (χ1) is 5.27. The molecule has 1 aliphatic heterocycles. The Morgan fingerprint density at radius 2 is 2.08 bits per heavy atom. The van der Waals surface area contributed by atoms with Crippen LogP contribution in [-0.4, -0.2) is 5.01 Å². The predicted molar refractivity (Wildman–Crippen MR) is 52.1 cm³/mol. The summed E-state index contributed by atoms with van der Waals surface area (Å²) in [6.45, 7) is 1.59. The highest BCUT2D eigenvalue weighted by Gasteiger charge is 2.17. The molecule has 0 saturated carbocycles. The van der Waals surface area contributed by atoms with Gasteiger partial charge in [0.15, 0.2) is 0 Å². The molecule has 66 valence electrons. The maximum absolute atomic E-state index is 5.95. The lowest BCUT2D eigenvalue weighted by Gasteiger charge is -2.03. The van der Waals surface area contributed by atoms with Gasteiger partial charge in [0.1, 0.15) is 0 Å². The van der Waals surface area contributed by atoms with Gasteiger partial charge in [-0.2, -0.15) is 0 Å². The van der Waals surface area contributed by atoms with E-state index in [9.17, 15) is 0 Å². The summed E-state index contributed by atoms with van der Waals surface area (Å²) in [7, 11) is 0. The van der Waals surface area contributed by atoms with Crippen LogP contribution in [0.1, 0.15) is 11.1 Å². The van der Waals surface area contributed by atoms with E-state index >= 15 is 0 Å². The molecular weight excluding hydrogens is 195 g/mol. The monoisotopic (exact) mass is 204 g/mol. The highest BCUT2D eigenvalue weighted by atomic mass is 35.5. The summed E-state index contributed by atoms with van der Waals surface area (Å²) in [6.07, 6.45) is 0. The van der Waals surface area contributed by atoms with Crippen LogP contribution in [-0.2, 0) is 13.1 Å². The molecule has 1 heterocycles. The summed E-state index contributed by atoms with van der Waals surface area (Å²) in [4.78, 5) is 0. The van der Waals surface area contributed by atoms with E-state index in [0.29, 0.717) is 0 Å². The first kappa shape index (κ1) is 9.81. The summed E-state index contributed by atoms with van der Waals surface area (Å²) in [5.41, 5.74) is 2.43. The number of rotatable bonds is 0. The quantitative estimate of drug-likeness (QED) is 0.656. The van der Waals surface area contributed by atoms with Crippen LogP contribution in [0.3, 0.4) is 0 Å². The lowest BCUT2D eigenvalue weighted by molar-refractivity contribution is 0.295. The van der Waals surface area contributed by atoms with Crippen molar-refractivity contribution in [2.75, 3.05) is 0 Å². The van der Waals surface area contributed by atoms with Crippen molar-refractivity contribution in [3.05, 3.63) is 34.3 Å². The smallest absolute Gasteiger partial charge is 0.0454 e. The van der Waals surface area contributed by atoms with E-state index < -0.39 is 0 Å². The molecule has 1 aliphatic rings. The molecule has 0 radical (unpaired) electrons. The van der Waals surface area contributed by atoms with E-state index in [2.05, 4.69) is 6.07 Å². The molecule has 0 atom stereocenters. The zero-order valence-corrected chi connectivity index (χ0v) is 8.03. The van der Waals surface area contributed by atoms with Crippen LogP contribution in [0.25, 0.3) is 0 Å². The Kier molecular flexibility index (Phi) is 2.96. The fourth-order valence-electron chi connectivity index (χ4n) is 1.41. The first-order valence-electron chi connectivity index (χ1n) is 3.53.